The molecule has 6 nitrogen and oxygen atoms in total. The van der Waals surface area contributed by atoms with Crippen molar-refractivity contribution in [3.05, 3.63) is 24.3 Å². The Bertz CT molecular complexity index is 457. The molecular formula is C14H22N4O2. The maximum absolute atomic E-state index is 12.1. The number of rotatable bonds is 6. The first kappa shape index (κ1) is 16.0. The van der Waals surface area contributed by atoms with E-state index in [-0.39, 0.29) is 11.8 Å². The highest BCUT2D eigenvalue weighted by Gasteiger charge is 2.18. The molecule has 20 heavy (non-hydrogen) atoms. The predicted octanol–water partition coefficient (Wildman–Crippen LogP) is 1.74. The van der Waals surface area contributed by atoms with E-state index in [0.29, 0.717) is 23.8 Å². The molecule has 0 bridgehead atoms. The summed E-state index contributed by atoms with van der Waals surface area (Å²) in [6, 6.07) is 6.11. The van der Waals surface area contributed by atoms with Crippen molar-refractivity contribution in [2.24, 2.45) is 23.3 Å². The van der Waals surface area contributed by atoms with Gasteiger partial charge in [0.25, 0.3) is 0 Å². The molecule has 1 aromatic rings. The molecule has 0 aliphatic carbocycles. The van der Waals surface area contributed by atoms with Crippen LogP contribution in [-0.4, -0.2) is 18.5 Å². The Morgan fingerprint density at radius 2 is 1.60 bits per heavy atom. The largest absolute Gasteiger partial charge is 0.351 e. The Morgan fingerprint density at radius 1 is 1.10 bits per heavy atom. The third-order valence-electron chi connectivity index (χ3n) is 2.83. The number of nitrogens with one attached hydrogen (secondary N) is 2. The molecular weight excluding hydrogens is 256 g/mol. The number of carbonyl (C=O) groups is 2. The van der Waals surface area contributed by atoms with E-state index in [9.17, 15) is 9.59 Å². The van der Waals surface area contributed by atoms with Crippen LogP contribution in [-0.2, 0) is 4.79 Å². The maximum Gasteiger partial charge on any atom is 0.316 e. The summed E-state index contributed by atoms with van der Waals surface area (Å²) < 4.78 is 0. The number of urea groups is 1. The van der Waals surface area contributed by atoms with Crippen molar-refractivity contribution in [2.45, 2.75) is 20.3 Å². The van der Waals surface area contributed by atoms with Crippen LogP contribution in [0.25, 0.3) is 0 Å². The average Bonchev–Trinajstić information content (AvgIpc) is 2.37. The maximum atomic E-state index is 12.1. The van der Waals surface area contributed by atoms with E-state index in [0.717, 1.165) is 6.42 Å². The monoisotopic (exact) mass is 278 g/mol. The number of benzene rings is 1. The molecule has 0 aromatic heterocycles. The van der Waals surface area contributed by atoms with Crippen molar-refractivity contribution in [3.8, 4) is 0 Å². The normalized spacial score (nSPS) is 12.0. The van der Waals surface area contributed by atoms with Gasteiger partial charge in [0.2, 0.25) is 5.91 Å². The van der Waals surface area contributed by atoms with Gasteiger partial charge in [-0.15, -0.1) is 0 Å². The number of carbonyl (C=O) groups excluding carboxylic acids is 2. The molecule has 0 saturated heterocycles. The summed E-state index contributed by atoms with van der Waals surface area (Å²) in [5, 5.41) is 5.27. The third kappa shape index (κ3) is 5.27. The van der Waals surface area contributed by atoms with Crippen molar-refractivity contribution in [1.29, 1.82) is 0 Å². The van der Waals surface area contributed by atoms with Crippen molar-refractivity contribution in [3.63, 3.8) is 0 Å². The number of amides is 3. The molecule has 3 amide bonds. The van der Waals surface area contributed by atoms with Gasteiger partial charge >= 0.3 is 6.03 Å². The van der Waals surface area contributed by atoms with Gasteiger partial charge in [0, 0.05) is 17.9 Å². The van der Waals surface area contributed by atoms with Crippen LogP contribution in [0.1, 0.15) is 20.3 Å². The molecule has 0 aliphatic heterocycles. The van der Waals surface area contributed by atoms with Crippen LogP contribution in [0.2, 0.25) is 0 Å². The van der Waals surface area contributed by atoms with Crippen LogP contribution in [0.5, 0.6) is 0 Å². The first-order valence-electron chi connectivity index (χ1n) is 6.59. The molecule has 1 aromatic carbocycles. The first-order chi connectivity index (χ1) is 9.42. The number of anilines is 2. The SMILES string of the molecule is CC(C)CC(CN)C(=O)Nc1ccc(NC(N)=O)cc1. The van der Waals surface area contributed by atoms with Gasteiger partial charge in [-0.3, -0.25) is 4.79 Å². The molecule has 6 N–H and O–H groups in total. The lowest BCUT2D eigenvalue weighted by atomic mass is 9.96. The van der Waals surface area contributed by atoms with E-state index in [1.54, 1.807) is 24.3 Å². The summed E-state index contributed by atoms with van der Waals surface area (Å²) in [6.45, 7) is 4.44. The minimum absolute atomic E-state index is 0.0863. The Kier molecular flexibility index (Phi) is 5.99. The van der Waals surface area contributed by atoms with Gasteiger partial charge in [-0.2, -0.15) is 0 Å². The van der Waals surface area contributed by atoms with E-state index in [1.807, 2.05) is 0 Å². The van der Waals surface area contributed by atoms with Crippen molar-refractivity contribution in [2.75, 3.05) is 17.2 Å². The summed E-state index contributed by atoms with van der Waals surface area (Å²) in [7, 11) is 0. The van der Waals surface area contributed by atoms with Crippen LogP contribution in [0.15, 0.2) is 24.3 Å². The van der Waals surface area contributed by atoms with Gasteiger partial charge in [0.1, 0.15) is 0 Å². The molecule has 0 saturated carbocycles. The molecule has 0 fully saturated rings. The van der Waals surface area contributed by atoms with E-state index in [1.165, 1.54) is 0 Å². The number of nitrogens with two attached hydrogens (primary N) is 2. The topological polar surface area (TPSA) is 110 Å². The minimum Gasteiger partial charge on any atom is -0.351 e. The second-order valence-corrected chi connectivity index (χ2v) is 5.12. The van der Waals surface area contributed by atoms with E-state index < -0.39 is 6.03 Å². The Morgan fingerprint density at radius 3 is 2.00 bits per heavy atom. The molecule has 1 rings (SSSR count). The van der Waals surface area contributed by atoms with Gasteiger partial charge in [-0.05, 0) is 36.6 Å². The zero-order valence-corrected chi connectivity index (χ0v) is 11.8. The summed E-state index contributed by atoms with van der Waals surface area (Å²) >= 11 is 0. The fourth-order valence-electron chi connectivity index (χ4n) is 1.90. The van der Waals surface area contributed by atoms with E-state index >= 15 is 0 Å². The van der Waals surface area contributed by atoms with Gasteiger partial charge in [0.15, 0.2) is 0 Å². The fraction of sp³-hybridized carbons (Fsp3) is 0.429. The summed E-state index contributed by atoms with van der Waals surface area (Å²) in [5.74, 6) is 0.131. The third-order valence-corrected chi connectivity index (χ3v) is 2.83. The van der Waals surface area contributed by atoms with Gasteiger partial charge in [-0.1, -0.05) is 13.8 Å². The molecule has 0 heterocycles. The van der Waals surface area contributed by atoms with Gasteiger partial charge in [-0.25, -0.2) is 4.79 Å². The lowest BCUT2D eigenvalue weighted by Gasteiger charge is -2.17. The van der Waals surface area contributed by atoms with Crippen LogP contribution >= 0.6 is 0 Å². The summed E-state index contributed by atoms with van der Waals surface area (Å²) in [4.78, 5) is 22.8. The zero-order valence-electron chi connectivity index (χ0n) is 11.8. The zero-order chi connectivity index (χ0) is 15.1. The lowest BCUT2D eigenvalue weighted by Crippen LogP contribution is -2.30. The van der Waals surface area contributed by atoms with Crippen LogP contribution in [0.3, 0.4) is 0 Å². The van der Waals surface area contributed by atoms with Crippen LogP contribution < -0.4 is 22.1 Å². The standard InChI is InChI=1S/C14H22N4O2/c1-9(2)7-10(8-15)13(19)17-11-3-5-12(6-4-11)18-14(16)20/h3-6,9-10H,7-8,15H2,1-2H3,(H,17,19)(H3,16,18,20). The highest BCUT2D eigenvalue weighted by atomic mass is 16.2. The van der Waals surface area contributed by atoms with Crippen LogP contribution in [0.4, 0.5) is 16.2 Å². The Balaban J connectivity index is 2.63. The van der Waals surface area contributed by atoms with Crippen molar-refractivity contribution in [1.82, 2.24) is 0 Å². The highest BCUT2D eigenvalue weighted by Crippen LogP contribution is 2.16. The number of hydrogen-bond acceptors (Lipinski definition) is 3. The number of primary amides is 1. The Hall–Kier alpha value is -2.08. The number of hydrogen-bond donors (Lipinski definition) is 4. The Labute approximate surface area is 118 Å². The second kappa shape index (κ2) is 7.49. The molecule has 1 atom stereocenters. The molecule has 6 heteroatoms. The molecule has 110 valence electrons. The molecule has 0 radical (unpaired) electrons. The molecule has 0 spiro atoms. The minimum atomic E-state index is -0.623. The van der Waals surface area contributed by atoms with Gasteiger partial charge in [0.05, 0.1) is 5.92 Å². The van der Waals surface area contributed by atoms with E-state index in [2.05, 4.69) is 24.5 Å². The summed E-state index contributed by atoms with van der Waals surface area (Å²) in [5.41, 5.74) is 11.9. The average molecular weight is 278 g/mol. The second-order valence-electron chi connectivity index (χ2n) is 5.12. The van der Waals surface area contributed by atoms with E-state index in [4.69, 9.17) is 11.5 Å². The van der Waals surface area contributed by atoms with Crippen LogP contribution in [0, 0.1) is 11.8 Å². The highest BCUT2D eigenvalue weighted by molar-refractivity contribution is 5.93. The predicted molar refractivity (Wildman–Crippen MR) is 80.3 cm³/mol. The van der Waals surface area contributed by atoms with Gasteiger partial charge < -0.3 is 22.1 Å². The smallest absolute Gasteiger partial charge is 0.316 e. The van der Waals surface area contributed by atoms with Crippen molar-refractivity contribution >= 4 is 23.3 Å². The molecule has 0 aliphatic rings. The fourth-order valence-corrected chi connectivity index (χ4v) is 1.90. The van der Waals surface area contributed by atoms with Crippen molar-refractivity contribution < 1.29 is 9.59 Å². The quantitative estimate of drug-likeness (QED) is 0.636. The lowest BCUT2D eigenvalue weighted by molar-refractivity contribution is -0.120. The molecule has 1 unspecified atom stereocenters. The first-order valence-corrected chi connectivity index (χ1v) is 6.59. The summed E-state index contributed by atoms with van der Waals surface area (Å²) in [6.07, 6.45) is 0.754.